The quantitative estimate of drug-likeness (QED) is 0.906. The van der Waals surface area contributed by atoms with Crippen molar-refractivity contribution in [2.75, 3.05) is 26.7 Å². The van der Waals surface area contributed by atoms with E-state index < -0.39 is 0 Å². The van der Waals surface area contributed by atoms with Crippen LogP contribution in [0.2, 0.25) is 0 Å². The highest BCUT2D eigenvalue weighted by molar-refractivity contribution is 5.97. The van der Waals surface area contributed by atoms with Crippen LogP contribution in [0.5, 0.6) is 5.75 Å². The van der Waals surface area contributed by atoms with E-state index in [-0.39, 0.29) is 11.4 Å². The Morgan fingerprint density at radius 2 is 2.14 bits per heavy atom. The van der Waals surface area contributed by atoms with Crippen molar-refractivity contribution in [2.45, 2.75) is 26.3 Å². The number of likely N-dealkylation sites (tertiary alicyclic amines) is 1. The first-order valence-corrected chi connectivity index (χ1v) is 7.62. The van der Waals surface area contributed by atoms with E-state index in [0.717, 1.165) is 25.2 Å². The van der Waals surface area contributed by atoms with Crippen molar-refractivity contribution in [1.29, 1.82) is 0 Å². The molecule has 114 valence electrons. The number of hydrogen-bond donors (Lipinski definition) is 1. The van der Waals surface area contributed by atoms with Gasteiger partial charge in [0.15, 0.2) is 0 Å². The second-order valence-electron chi connectivity index (χ2n) is 6.80. The Kier molecular flexibility index (Phi) is 3.44. The molecule has 3 rings (SSSR count). The smallest absolute Gasteiger partial charge is 0.258 e. The largest absolute Gasteiger partial charge is 0.496 e. The number of amides is 1. The first kappa shape index (κ1) is 14.4. The molecule has 2 fully saturated rings. The minimum atomic E-state index is -0.111. The molecule has 0 bridgehead atoms. The summed E-state index contributed by atoms with van der Waals surface area (Å²) < 4.78 is 5.38. The van der Waals surface area contributed by atoms with E-state index >= 15 is 0 Å². The van der Waals surface area contributed by atoms with Crippen LogP contribution in [0.1, 0.15) is 29.8 Å². The number of methoxy groups -OCH3 is 1. The van der Waals surface area contributed by atoms with Gasteiger partial charge in [-0.15, -0.1) is 0 Å². The van der Waals surface area contributed by atoms with Crippen LogP contribution in [0.3, 0.4) is 0 Å². The van der Waals surface area contributed by atoms with Gasteiger partial charge in [0.2, 0.25) is 0 Å². The number of benzene rings is 1. The zero-order valence-electron chi connectivity index (χ0n) is 13.3. The second kappa shape index (κ2) is 5.02. The van der Waals surface area contributed by atoms with Gasteiger partial charge in [-0.3, -0.25) is 4.79 Å². The minimum absolute atomic E-state index is 0.0925. The van der Waals surface area contributed by atoms with Crippen molar-refractivity contribution in [3.05, 3.63) is 29.3 Å². The molecule has 1 aromatic rings. The molecule has 4 nitrogen and oxygen atoms in total. The van der Waals surface area contributed by atoms with Gasteiger partial charge in [-0.05, 0) is 44.7 Å². The Morgan fingerprint density at radius 3 is 2.81 bits per heavy atom. The lowest BCUT2D eigenvalue weighted by Gasteiger charge is -2.36. The van der Waals surface area contributed by atoms with Gasteiger partial charge in [0.1, 0.15) is 5.75 Å². The van der Waals surface area contributed by atoms with Crippen LogP contribution in [-0.2, 0) is 0 Å². The molecule has 4 heteroatoms. The fraction of sp³-hybridized carbons (Fsp3) is 0.588. The maximum atomic E-state index is 13.1. The van der Waals surface area contributed by atoms with E-state index in [2.05, 4.69) is 19.2 Å². The third-order valence-electron chi connectivity index (χ3n) is 5.19. The summed E-state index contributed by atoms with van der Waals surface area (Å²) in [7, 11) is 1.62. The number of rotatable bonds is 2. The molecule has 21 heavy (non-hydrogen) atoms. The average Bonchev–Trinajstić information content (AvgIpc) is 3.00. The maximum Gasteiger partial charge on any atom is 0.258 e. The normalized spacial score (nSPS) is 26.8. The molecule has 0 aliphatic carbocycles. The number of fused-ring (bicyclic) bond motifs is 1. The van der Waals surface area contributed by atoms with Crippen LogP contribution < -0.4 is 10.1 Å². The van der Waals surface area contributed by atoms with Crippen LogP contribution in [0.25, 0.3) is 0 Å². The first-order chi connectivity index (χ1) is 9.95. The SMILES string of the molecule is COc1ccc(C)cc1C(=O)N1CC2CNCC2C1(C)C. The number of nitrogens with zero attached hydrogens (tertiary/aromatic N) is 1. The lowest BCUT2D eigenvalue weighted by molar-refractivity contribution is 0.0600. The fourth-order valence-corrected chi connectivity index (χ4v) is 3.90. The van der Waals surface area contributed by atoms with Crippen molar-refractivity contribution in [3.8, 4) is 5.75 Å². The van der Waals surface area contributed by atoms with E-state index in [0.29, 0.717) is 23.1 Å². The molecule has 2 aliphatic heterocycles. The van der Waals surface area contributed by atoms with Gasteiger partial charge < -0.3 is 15.0 Å². The molecule has 2 saturated heterocycles. The highest BCUT2D eigenvalue weighted by Gasteiger charge is 2.51. The predicted molar refractivity (Wildman–Crippen MR) is 82.7 cm³/mol. The summed E-state index contributed by atoms with van der Waals surface area (Å²) in [4.78, 5) is 15.1. The van der Waals surface area contributed by atoms with Crippen LogP contribution in [0.15, 0.2) is 18.2 Å². The molecule has 0 spiro atoms. The molecular weight excluding hydrogens is 264 g/mol. The predicted octanol–water partition coefficient (Wildman–Crippen LogP) is 2.07. The topological polar surface area (TPSA) is 41.6 Å². The van der Waals surface area contributed by atoms with Crippen molar-refractivity contribution >= 4 is 5.91 Å². The summed E-state index contributed by atoms with van der Waals surface area (Å²) in [5.74, 6) is 1.86. The Morgan fingerprint density at radius 1 is 1.38 bits per heavy atom. The van der Waals surface area contributed by atoms with E-state index in [1.165, 1.54) is 0 Å². The summed E-state index contributed by atoms with van der Waals surface area (Å²) in [5.41, 5.74) is 1.65. The molecule has 2 unspecified atom stereocenters. The molecule has 1 N–H and O–H groups in total. The molecule has 0 aromatic heterocycles. The molecule has 2 atom stereocenters. The van der Waals surface area contributed by atoms with Gasteiger partial charge in [-0.25, -0.2) is 0 Å². The average molecular weight is 288 g/mol. The van der Waals surface area contributed by atoms with Crippen molar-refractivity contribution in [1.82, 2.24) is 10.2 Å². The molecule has 1 amide bonds. The van der Waals surface area contributed by atoms with Crippen LogP contribution in [0, 0.1) is 18.8 Å². The zero-order chi connectivity index (χ0) is 15.2. The summed E-state index contributed by atoms with van der Waals surface area (Å²) in [6.45, 7) is 9.23. The van der Waals surface area contributed by atoms with E-state index in [4.69, 9.17) is 4.74 Å². The standard InChI is InChI=1S/C17H24N2O2/c1-11-5-6-15(21-4)13(7-11)16(20)19-10-12-8-18-9-14(12)17(19,2)3/h5-7,12,14,18H,8-10H2,1-4H3. The number of carbonyl (C=O) groups is 1. The highest BCUT2D eigenvalue weighted by atomic mass is 16.5. The van der Waals surface area contributed by atoms with Crippen molar-refractivity contribution < 1.29 is 9.53 Å². The Bertz CT molecular complexity index is 568. The summed E-state index contributed by atoms with van der Waals surface area (Å²) in [5, 5.41) is 3.45. The van der Waals surface area contributed by atoms with E-state index in [1.807, 2.05) is 30.0 Å². The molecule has 0 saturated carbocycles. The van der Waals surface area contributed by atoms with Gasteiger partial charge in [0, 0.05) is 25.2 Å². The molecule has 0 radical (unpaired) electrons. The summed E-state index contributed by atoms with van der Waals surface area (Å²) >= 11 is 0. The van der Waals surface area contributed by atoms with Crippen molar-refractivity contribution in [2.24, 2.45) is 11.8 Å². The Labute approximate surface area is 126 Å². The van der Waals surface area contributed by atoms with Gasteiger partial charge in [0.05, 0.1) is 12.7 Å². The minimum Gasteiger partial charge on any atom is -0.496 e. The van der Waals surface area contributed by atoms with E-state index in [1.54, 1.807) is 7.11 Å². The summed E-state index contributed by atoms with van der Waals surface area (Å²) in [6.07, 6.45) is 0. The highest BCUT2D eigenvalue weighted by Crippen LogP contribution is 2.41. The summed E-state index contributed by atoms with van der Waals surface area (Å²) in [6, 6.07) is 5.79. The lowest BCUT2D eigenvalue weighted by atomic mass is 9.84. The number of ether oxygens (including phenoxy) is 1. The van der Waals surface area contributed by atoms with Crippen molar-refractivity contribution in [3.63, 3.8) is 0 Å². The maximum absolute atomic E-state index is 13.1. The van der Waals surface area contributed by atoms with E-state index in [9.17, 15) is 4.79 Å². The van der Waals surface area contributed by atoms with Gasteiger partial charge >= 0.3 is 0 Å². The van der Waals surface area contributed by atoms with Crippen LogP contribution >= 0.6 is 0 Å². The molecule has 1 aromatic carbocycles. The zero-order valence-corrected chi connectivity index (χ0v) is 13.3. The Balaban J connectivity index is 1.94. The monoisotopic (exact) mass is 288 g/mol. The third kappa shape index (κ3) is 2.22. The van der Waals surface area contributed by atoms with Gasteiger partial charge in [-0.1, -0.05) is 11.6 Å². The van der Waals surface area contributed by atoms with Gasteiger partial charge in [0.25, 0.3) is 5.91 Å². The fourth-order valence-electron chi connectivity index (χ4n) is 3.90. The Hall–Kier alpha value is -1.55. The number of carbonyl (C=O) groups excluding carboxylic acids is 1. The molecule has 2 aliphatic rings. The van der Waals surface area contributed by atoms with Crippen LogP contribution in [0.4, 0.5) is 0 Å². The van der Waals surface area contributed by atoms with Crippen LogP contribution in [-0.4, -0.2) is 43.1 Å². The van der Waals surface area contributed by atoms with Gasteiger partial charge in [-0.2, -0.15) is 0 Å². The molecular formula is C17H24N2O2. The third-order valence-corrected chi connectivity index (χ3v) is 5.19. The first-order valence-electron chi connectivity index (χ1n) is 7.62. The lowest BCUT2D eigenvalue weighted by Crippen LogP contribution is -2.47. The molecule has 2 heterocycles. The number of nitrogens with one attached hydrogen (secondary N) is 1. The number of aryl methyl sites for hydroxylation is 1. The number of hydrogen-bond acceptors (Lipinski definition) is 3. The second-order valence-corrected chi connectivity index (χ2v) is 6.80.